The molecule has 1 aromatic heterocycles. The average Bonchev–Trinajstić information content (AvgIpc) is 2.84. The molecule has 1 heterocycles. The maximum absolute atomic E-state index is 11.8. The van der Waals surface area contributed by atoms with E-state index in [1.807, 2.05) is 31.3 Å². The monoisotopic (exact) mass is 354 g/mol. The summed E-state index contributed by atoms with van der Waals surface area (Å²) in [5.74, 6) is 0. The summed E-state index contributed by atoms with van der Waals surface area (Å²) in [6.07, 6.45) is 1.65. The number of nitrogens with one attached hydrogen (secondary N) is 3. The second kappa shape index (κ2) is 6.83. The molecule has 0 aliphatic rings. The minimum atomic E-state index is -0.304. The van der Waals surface area contributed by atoms with Gasteiger partial charge in [0.25, 0.3) is 0 Å². The third-order valence-electron chi connectivity index (χ3n) is 2.80. The highest BCUT2D eigenvalue weighted by molar-refractivity contribution is 9.11. The quantitative estimate of drug-likeness (QED) is 0.781. The van der Waals surface area contributed by atoms with Crippen LogP contribution in [0.15, 0.2) is 34.2 Å². The smallest absolute Gasteiger partial charge is 0.313 e. The van der Waals surface area contributed by atoms with E-state index in [-0.39, 0.29) is 12.1 Å². The van der Waals surface area contributed by atoms with Crippen LogP contribution in [0.3, 0.4) is 0 Å². The molecular weight excluding hydrogens is 340 g/mol. The lowest BCUT2D eigenvalue weighted by Gasteiger charge is -2.11. The largest absolute Gasteiger partial charge is 0.325 e. The molecule has 1 unspecified atom stereocenters. The lowest BCUT2D eigenvalue weighted by Crippen LogP contribution is -2.19. The van der Waals surface area contributed by atoms with Crippen molar-refractivity contribution in [3.63, 3.8) is 0 Å². The Bertz CT molecular complexity index is 584. The fourth-order valence-electron chi connectivity index (χ4n) is 1.59. The van der Waals surface area contributed by atoms with Gasteiger partial charge in [-0.25, -0.2) is 9.78 Å². The molecular formula is C13H15BrN4OS. The summed E-state index contributed by atoms with van der Waals surface area (Å²) >= 11 is 4.66. The van der Waals surface area contributed by atoms with Crippen LogP contribution in [0.5, 0.6) is 0 Å². The van der Waals surface area contributed by atoms with Crippen molar-refractivity contribution in [2.45, 2.75) is 13.0 Å². The van der Waals surface area contributed by atoms with E-state index in [9.17, 15) is 4.79 Å². The van der Waals surface area contributed by atoms with Crippen molar-refractivity contribution in [1.82, 2.24) is 10.3 Å². The second-order valence-electron chi connectivity index (χ2n) is 4.18. The lowest BCUT2D eigenvalue weighted by molar-refractivity contribution is 0.262. The molecule has 106 valence electrons. The highest BCUT2D eigenvalue weighted by Crippen LogP contribution is 2.23. The number of hydrogen-bond acceptors (Lipinski definition) is 4. The van der Waals surface area contributed by atoms with Crippen LogP contribution in [0.2, 0.25) is 0 Å². The Kier molecular flexibility index (Phi) is 5.11. The van der Waals surface area contributed by atoms with Crippen LogP contribution in [0, 0.1) is 0 Å². The number of urea groups is 1. The summed E-state index contributed by atoms with van der Waals surface area (Å²) in [6.45, 7) is 2.08. The van der Waals surface area contributed by atoms with Crippen molar-refractivity contribution in [1.29, 1.82) is 0 Å². The van der Waals surface area contributed by atoms with Crippen LogP contribution >= 0.6 is 27.3 Å². The van der Waals surface area contributed by atoms with E-state index in [0.717, 1.165) is 9.47 Å². The van der Waals surface area contributed by atoms with Crippen LogP contribution in [-0.2, 0) is 0 Å². The molecule has 0 saturated heterocycles. The number of carbonyl (C=O) groups excluding carboxylic acids is 1. The van der Waals surface area contributed by atoms with E-state index in [0.29, 0.717) is 5.13 Å². The first-order chi connectivity index (χ1) is 9.58. The van der Waals surface area contributed by atoms with Gasteiger partial charge in [-0.2, -0.15) is 0 Å². The summed E-state index contributed by atoms with van der Waals surface area (Å²) in [6, 6.07) is 7.70. The number of anilines is 2. The van der Waals surface area contributed by atoms with Crippen LogP contribution in [0.1, 0.15) is 18.5 Å². The van der Waals surface area contributed by atoms with Gasteiger partial charge in [0.05, 0.1) is 9.98 Å². The molecule has 0 fully saturated rings. The van der Waals surface area contributed by atoms with Crippen molar-refractivity contribution in [3.05, 3.63) is 39.8 Å². The zero-order valence-corrected chi connectivity index (χ0v) is 13.5. The fraction of sp³-hybridized carbons (Fsp3) is 0.231. The number of amides is 2. The van der Waals surface area contributed by atoms with Gasteiger partial charge in [-0.1, -0.05) is 23.5 Å². The minimum absolute atomic E-state index is 0.283. The molecule has 5 nitrogen and oxygen atoms in total. The van der Waals surface area contributed by atoms with E-state index in [1.54, 1.807) is 6.20 Å². The van der Waals surface area contributed by atoms with Crippen molar-refractivity contribution in [2.24, 2.45) is 0 Å². The molecule has 20 heavy (non-hydrogen) atoms. The number of benzene rings is 1. The molecule has 1 atom stereocenters. The predicted octanol–water partition coefficient (Wildman–Crippen LogP) is 3.83. The second-order valence-corrected chi connectivity index (χ2v) is 6.59. The summed E-state index contributed by atoms with van der Waals surface area (Å²) in [5, 5.41) is 9.16. The molecule has 2 rings (SSSR count). The van der Waals surface area contributed by atoms with Gasteiger partial charge in [-0.15, -0.1) is 0 Å². The van der Waals surface area contributed by atoms with Gasteiger partial charge in [0.2, 0.25) is 0 Å². The zero-order chi connectivity index (χ0) is 14.5. The Balaban J connectivity index is 1.94. The SMILES string of the molecule is CNC(C)c1ccc(NC(=O)Nc2ncc(Br)s2)cc1. The summed E-state index contributed by atoms with van der Waals surface area (Å²) < 4.78 is 0.873. The average molecular weight is 355 g/mol. The Morgan fingerprint density at radius 2 is 2.00 bits per heavy atom. The summed E-state index contributed by atoms with van der Waals surface area (Å²) in [5.41, 5.74) is 1.91. The van der Waals surface area contributed by atoms with Crippen molar-refractivity contribution >= 4 is 44.1 Å². The molecule has 2 aromatic rings. The predicted molar refractivity (Wildman–Crippen MR) is 86.4 cm³/mol. The first-order valence-electron chi connectivity index (χ1n) is 6.05. The highest BCUT2D eigenvalue weighted by Gasteiger charge is 2.07. The number of carbonyl (C=O) groups is 1. The molecule has 0 spiro atoms. The summed E-state index contributed by atoms with van der Waals surface area (Å²) in [4.78, 5) is 15.8. The maximum atomic E-state index is 11.8. The van der Waals surface area contributed by atoms with E-state index < -0.39 is 0 Å². The van der Waals surface area contributed by atoms with Gasteiger partial charge in [-0.05, 0) is 47.6 Å². The standard InChI is InChI=1S/C13H15BrN4OS/c1-8(15-2)9-3-5-10(6-4-9)17-12(19)18-13-16-7-11(14)20-13/h3-8,15H,1-2H3,(H2,16,17,18,19). The topological polar surface area (TPSA) is 66.0 Å². The van der Waals surface area contributed by atoms with Gasteiger partial charge >= 0.3 is 6.03 Å². The van der Waals surface area contributed by atoms with Crippen molar-refractivity contribution in [3.8, 4) is 0 Å². The highest BCUT2D eigenvalue weighted by atomic mass is 79.9. The molecule has 0 aliphatic carbocycles. The first-order valence-corrected chi connectivity index (χ1v) is 7.66. The number of halogens is 1. The maximum Gasteiger partial charge on any atom is 0.325 e. The Hall–Kier alpha value is -1.44. The van der Waals surface area contributed by atoms with Crippen molar-refractivity contribution < 1.29 is 4.79 Å². The third-order valence-corrected chi connectivity index (χ3v) is 4.19. The molecule has 7 heteroatoms. The molecule has 0 saturated carbocycles. The van der Waals surface area contributed by atoms with E-state index in [4.69, 9.17) is 0 Å². The number of rotatable bonds is 4. The van der Waals surface area contributed by atoms with E-state index >= 15 is 0 Å². The van der Waals surface area contributed by atoms with Crippen LogP contribution in [0.4, 0.5) is 15.6 Å². The number of hydrogen-bond donors (Lipinski definition) is 3. The van der Waals surface area contributed by atoms with Crippen LogP contribution in [0.25, 0.3) is 0 Å². The first kappa shape index (κ1) is 15.0. The normalized spacial score (nSPS) is 11.9. The fourth-order valence-corrected chi connectivity index (χ4v) is 2.70. The van der Waals surface area contributed by atoms with E-state index in [1.165, 1.54) is 16.9 Å². The van der Waals surface area contributed by atoms with E-state index in [2.05, 4.69) is 43.8 Å². The van der Waals surface area contributed by atoms with Crippen molar-refractivity contribution in [2.75, 3.05) is 17.7 Å². The number of aromatic nitrogens is 1. The molecule has 1 aromatic carbocycles. The van der Waals surface area contributed by atoms with Gasteiger partial charge in [-0.3, -0.25) is 5.32 Å². The number of thiazole rings is 1. The third kappa shape index (κ3) is 4.03. The van der Waals surface area contributed by atoms with Gasteiger partial charge in [0, 0.05) is 11.7 Å². The van der Waals surface area contributed by atoms with Gasteiger partial charge < -0.3 is 10.6 Å². The zero-order valence-electron chi connectivity index (χ0n) is 11.1. The molecule has 0 aliphatic heterocycles. The molecule has 0 radical (unpaired) electrons. The minimum Gasteiger partial charge on any atom is -0.313 e. The Morgan fingerprint density at radius 3 is 2.55 bits per heavy atom. The number of nitrogens with zero attached hydrogens (tertiary/aromatic N) is 1. The Labute approximate surface area is 129 Å². The van der Waals surface area contributed by atoms with Gasteiger partial charge in [0.1, 0.15) is 0 Å². The lowest BCUT2D eigenvalue weighted by atomic mass is 10.1. The molecule has 0 bridgehead atoms. The molecule has 3 N–H and O–H groups in total. The molecule has 2 amide bonds. The summed E-state index contributed by atoms with van der Waals surface area (Å²) in [7, 11) is 1.91. The van der Waals surface area contributed by atoms with Crippen LogP contribution < -0.4 is 16.0 Å². The Morgan fingerprint density at radius 1 is 1.30 bits per heavy atom. The van der Waals surface area contributed by atoms with Crippen LogP contribution in [-0.4, -0.2) is 18.1 Å². The van der Waals surface area contributed by atoms with Gasteiger partial charge in [0.15, 0.2) is 5.13 Å².